The van der Waals surface area contributed by atoms with Gasteiger partial charge in [-0.15, -0.1) is 0 Å². The summed E-state index contributed by atoms with van der Waals surface area (Å²) in [6.45, 7) is 0. The van der Waals surface area contributed by atoms with Crippen LogP contribution in [0.4, 0.5) is 0 Å². The van der Waals surface area contributed by atoms with Gasteiger partial charge in [-0.2, -0.15) is 0 Å². The van der Waals surface area contributed by atoms with Gasteiger partial charge in [0.15, 0.2) is 17.5 Å². The highest BCUT2D eigenvalue weighted by atomic mass is 16.3. The minimum atomic E-state index is 0.577. The summed E-state index contributed by atoms with van der Waals surface area (Å²) in [5, 5.41) is 9.23. The smallest absolute Gasteiger partial charge is 0.167 e. The fourth-order valence-corrected chi connectivity index (χ4v) is 8.72. The lowest BCUT2D eigenvalue weighted by Gasteiger charge is -2.18. The summed E-state index contributed by atoms with van der Waals surface area (Å²) in [6.07, 6.45) is 4.16. The molecular formula is C51H31N3O2. The van der Waals surface area contributed by atoms with Gasteiger partial charge in [0.25, 0.3) is 0 Å². The van der Waals surface area contributed by atoms with E-state index in [2.05, 4.69) is 127 Å². The minimum absolute atomic E-state index is 0.577. The Kier molecular flexibility index (Phi) is 6.69. The SMILES string of the molecule is C1=C(c2cccc3oc4ccccc4c23)CCc2cc(-c3nc(-c4ccc5c(ccc6ccccc65)c4)nc(-c4cccc5c4oc4ccccc45)n3)ccc21. The molecule has 3 aromatic heterocycles. The fourth-order valence-electron chi connectivity index (χ4n) is 8.72. The van der Waals surface area contributed by atoms with Gasteiger partial charge in [-0.3, -0.25) is 0 Å². The number of allylic oxidation sites excluding steroid dienone is 1. The fraction of sp³-hybridized carbons (Fsp3) is 0.0392. The summed E-state index contributed by atoms with van der Waals surface area (Å²) in [6, 6.07) is 55.0. The molecule has 0 spiro atoms. The predicted octanol–water partition coefficient (Wildman–Crippen LogP) is 13.5. The van der Waals surface area contributed by atoms with Crippen molar-refractivity contribution < 1.29 is 8.83 Å². The number of para-hydroxylation sites is 3. The zero-order valence-corrected chi connectivity index (χ0v) is 30.2. The van der Waals surface area contributed by atoms with Gasteiger partial charge in [0, 0.05) is 32.7 Å². The van der Waals surface area contributed by atoms with E-state index in [9.17, 15) is 0 Å². The van der Waals surface area contributed by atoms with Gasteiger partial charge in [0.2, 0.25) is 0 Å². The van der Waals surface area contributed by atoms with Gasteiger partial charge in [-0.1, -0.05) is 127 Å². The average Bonchev–Trinajstić information content (AvgIpc) is 3.84. The molecule has 0 atom stereocenters. The number of benzene rings is 8. The van der Waals surface area contributed by atoms with Crippen LogP contribution in [0.5, 0.6) is 0 Å². The number of aryl methyl sites for hydroxylation is 1. The number of hydrogen-bond donors (Lipinski definition) is 0. The molecule has 0 amide bonds. The van der Waals surface area contributed by atoms with Crippen LogP contribution < -0.4 is 0 Å². The first-order valence-electron chi connectivity index (χ1n) is 19.0. The Balaban J connectivity index is 1.01. The molecule has 5 heteroatoms. The van der Waals surface area contributed by atoms with Crippen molar-refractivity contribution in [1.82, 2.24) is 15.0 Å². The maximum atomic E-state index is 6.48. The zero-order valence-electron chi connectivity index (χ0n) is 30.2. The minimum Gasteiger partial charge on any atom is -0.456 e. The van der Waals surface area contributed by atoms with E-state index in [4.69, 9.17) is 23.8 Å². The van der Waals surface area contributed by atoms with Gasteiger partial charge in [-0.25, -0.2) is 15.0 Å². The monoisotopic (exact) mass is 717 g/mol. The van der Waals surface area contributed by atoms with Crippen molar-refractivity contribution in [1.29, 1.82) is 0 Å². The Morgan fingerprint density at radius 1 is 0.411 bits per heavy atom. The second-order valence-corrected chi connectivity index (χ2v) is 14.7. The molecule has 0 N–H and O–H groups in total. The second-order valence-electron chi connectivity index (χ2n) is 14.7. The molecule has 11 aromatic rings. The van der Waals surface area contributed by atoms with Gasteiger partial charge in [0.1, 0.15) is 22.3 Å². The normalized spacial score (nSPS) is 13.0. The first-order valence-corrected chi connectivity index (χ1v) is 19.0. The molecule has 56 heavy (non-hydrogen) atoms. The predicted molar refractivity (Wildman–Crippen MR) is 228 cm³/mol. The van der Waals surface area contributed by atoms with Crippen molar-refractivity contribution in [2.45, 2.75) is 12.8 Å². The third-order valence-corrected chi connectivity index (χ3v) is 11.4. The first kappa shape index (κ1) is 31.0. The quantitative estimate of drug-likeness (QED) is 0.170. The van der Waals surface area contributed by atoms with Crippen LogP contribution in [0.25, 0.3) is 111 Å². The van der Waals surface area contributed by atoms with E-state index in [0.717, 1.165) is 73.4 Å². The van der Waals surface area contributed by atoms with Gasteiger partial charge >= 0.3 is 0 Å². The first-order chi connectivity index (χ1) is 27.7. The standard InChI is InChI=1S/C51H31N3O2/c1-2-10-37-30(9-1)19-22-33-29-36(25-26-38(33)37)50-52-49(53-51(54-50)43-15-7-14-41-40-11-3-5-16-44(40)56-48(41)43)35-24-21-31-27-34(23-20-32(31)28-35)39-13-8-18-46-47(39)42-12-4-6-17-45(42)55-46/h1-19,21-22,24-29H,20,23H2. The summed E-state index contributed by atoms with van der Waals surface area (Å²) < 4.78 is 12.7. The maximum absolute atomic E-state index is 6.48. The lowest BCUT2D eigenvalue weighted by Crippen LogP contribution is -2.03. The Labute approximate surface area is 321 Å². The van der Waals surface area contributed by atoms with Crippen molar-refractivity contribution in [3.8, 4) is 34.2 Å². The molecule has 5 nitrogen and oxygen atoms in total. The van der Waals surface area contributed by atoms with Crippen LogP contribution in [-0.4, -0.2) is 15.0 Å². The number of fused-ring (bicyclic) bond motifs is 10. The molecular weight excluding hydrogens is 687 g/mol. The van der Waals surface area contributed by atoms with Gasteiger partial charge in [-0.05, 0) is 93.0 Å². The number of aromatic nitrogens is 3. The van der Waals surface area contributed by atoms with E-state index >= 15 is 0 Å². The van der Waals surface area contributed by atoms with Crippen LogP contribution in [0.2, 0.25) is 0 Å². The molecule has 0 saturated heterocycles. The molecule has 262 valence electrons. The van der Waals surface area contributed by atoms with Crippen molar-refractivity contribution >= 4 is 77.1 Å². The topological polar surface area (TPSA) is 65.0 Å². The van der Waals surface area contributed by atoms with Crippen molar-refractivity contribution in [3.05, 3.63) is 174 Å². The summed E-state index contributed by atoms with van der Waals surface area (Å²) in [4.78, 5) is 15.5. The molecule has 0 unspecified atom stereocenters. The molecule has 0 fully saturated rings. The molecule has 0 bridgehead atoms. The molecule has 0 saturated carbocycles. The Bertz CT molecular complexity index is 3440. The van der Waals surface area contributed by atoms with Crippen molar-refractivity contribution in [2.24, 2.45) is 0 Å². The zero-order chi connectivity index (χ0) is 36.7. The highest BCUT2D eigenvalue weighted by molar-refractivity contribution is 6.12. The van der Waals surface area contributed by atoms with Crippen molar-refractivity contribution in [3.63, 3.8) is 0 Å². The lowest BCUT2D eigenvalue weighted by atomic mass is 9.86. The highest BCUT2D eigenvalue weighted by Crippen LogP contribution is 2.40. The highest BCUT2D eigenvalue weighted by Gasteiger charge is 2.21. The number of rotatable bonds is 4. The largest absolute Gasteiger partial charge is 0.456 e. The number of furan rings is 2. The van der Waals surface area contributed by atoms with Crippen molar-refractivity contribution in [2.75, 3.05) is 0 Å². The van der Waals surface area contributed by atoms with Crippen LogP contribution in [-0.2, 0) is 6.42 Å². The average molecular weight is 718 g/mol. The third kappa shape index (κ3) is 4.84. The van der Waals surface area contributed by atoms with E-state index in [-0.39, 0.29) is 0 Å². The van der Waals surface area contributed by atoms with E-state index in [1.165, 1.54) is 43.8 Å². The summed E-state index contributed by atoms with van der Waals surface area (Å²) >= 11 is 0. The van der Waals surface area contributed by atoms with Gasteiger partial charge < -0.3 is 8.83 Å². The Hall–Kier alpha value is -7.37. The van der Waals surface area contributed by atoms with E-state index in [0.29, 0.717) is 17.5 Å². The molecule has 1 aliphatic carbocycles. The van der Waals surface area contributed by atoms with Crippen LogP contribution in [0.15, 0.2) is 167 Å². The van der Waals surface area contributed by atoms with Crippen LogP contribution in [0.1, 0.15) is 23.1 Å². The van der Waals surface area contributed by atoms with E-state index < -0.39 is 0 Å². The molecule has 0 aliphatic heterocycles. The second kappa shape index (κ2) is 12.1. The number of hydrogen-bond acceptors (Lipinski definition) is 5. The summed E-state index contributed by atoms with van der Waals surface area (Å²) in [7, 11) is 0. The van der Waals surface area contributed by atoms with E-state index in [1.807, 2.05) is 36.4 Å². The van der Waals surface area contributed by atoms with Crippen LogP contribution >= 0.6 is 0 Å². The van der Waals surface area contributed by atoms with Crippen LogP contribution in [0.3, 0.4) is 0 Å². The lowest BCUT2D eigenvalue weighted by molar-refractivity contribution is 0.668. The summed E-state index contributed by atoms with van der Waals surface area (Å²) in [5.41, 5.74) is 11.2. The van der Waals surface area contributed by atoms with Gasteiger partial charge in [0.05, 0.1) is 5.56 Å². The summed E-state index contributed by atoms with van der Waals surface area (Å²) in [5.74, 6) is 1.83. The molecule has 3 heterocycles. The molecule has 0 radical (unpaired) electrons. The molecule has 12 rings (SSSR count). The Morgan fingerprint density at radius 2 is 1.05 bits per heavy atom. The molecule has 8 aromatic carbocycles. The maximum Gasteiger partial charge on any atom is 0.167 e. The van der Waals surface area contributed by atoms with E-state index in [1.54, 1.807) is 0 Å². The third-order valence-electron chi connectivity index (χ3n) is 11.4. The number of nitrogens with zero attached hydrogens (tertiary/aromatic N) is 3. The molecule has 1 aliphatic rings. The Morgan fingerprint density at radius 3 is 1.95 bits per heavy atom. The van der Waals surface area contributed by atoms with Crippen LogP contribution in [0, 0.1) is 0 Å².